The minimum Gasteiger partial charge on any atom is -0.394 e. The SMILES string of the molecule is CCNC(C)(CO)CCN(CC)CC1CC1. The normalized spacial score (nSPS) is 20.1. The van der Waals surface area contributed by atoms with Gasteiger partial charge >= 0.3 is 0 Å². The predicted molar refractivity (Wildman–Crippen MR) is 68.6 cm³/mol. The van der Waals surface area contributed by atoms with E-state index in [1.807, 2.05) is 0 Å². The molecule has 0 aromatic carbocycles. The molecule has 16 heavy (non-hydrogen) atoms. The van der Waals surface area contributed by atoms with Crippen molar-refractivity contribution in [3.05, 3.63) is 0 Å². The summed E-state index contributed by atoms with van der Waals surface area (Å²) in [5, 5.41) is 12.8. The van der Waals surface area contributed by atoms with Crippen LogP contribution in [0.25, 0.3) is 0 Å². The fourth-order valence-electron chi connectivity index (χ4n) is 2.10. The molecule has 1 fully saturated rings. The molecule has 1 unspecified atom stereocenters. The van der Waals surface area contributed by atoms with Gasteiger partial charge in [-0.3, -0.25) is 0 Å². The van der Waals surface area contributed by atoms with E-state index in [2.05, 4.69) is 31.0 Å². The van der Waals surface area contributed by atoms with Crippen LogP contribution in [0.5, 0.6) is 0 Å². The monoisotopic (exact) mass is 228 g/mol. The third-order valence-corrected chi connectivity index (χ3v) is 3.59. The summed E-state index contributed by atoms with van der Waals surface area (Å²) in [6, 6.07) is 0. The summed E-state index contributed by atoms with van der Waals surface area (Å²) in [6.45, 7) is 11.1. The molecule has 0 spiro atoms. The highest BCUT2D eigenvalue weighted by Gasteiger charge is 2.26. The second-order valence-corrected chi connectivity index (χ2v) is 5.34. The zero-order valence-electron chi connectivity index (χ0n) is 11.1. The highest BCUT2D eigenvalue weighted by molar-refractivity contribution is 4.84. The predicted octanol–water partition coefficient (Wildman–Crippen LogP) is 1.47. The molecule has 2 N–H and O–H groups in total. The Labute approximate surface area is 100 Å². The van der Waals surface area contributed by atoms with Gasteiger partial charge in [0.15, 0.2) is 0 Å². The molecule has 0 heterocycles. The van der Waals surface area contributed by atoms with Crippen LogP contribution in [0.4, 0.5) is 0 Å². The standard InChI is InChI=1S/C13H28N2O/c1-4-14-13(3,11-16)8-9-15(5-2)10-12-6-7-12/h12,14,16H,4-11H2,1-3H3. The molecule has 1 rings (SSSR count). The third-order valence-electron chi connectivity index (χ3n) is 3.59. The number of hydrogen-bond donors (Lipinski definition) is 2. The van der Waals surface area contributed by atoms with Gasteiger partial charge in [-0.2, -0.15) is 0 Å². The van der Waals surface area contributed by atoms with Gasteiger partial charge in [-0.05, 0) is 51.7 Å². The Bertz CT molecular complexity index is 194. The second-order valence-electron chi connectivity index (χ2n) is 5.34. The number of nitrogens with one attached hydrogen (secondary N) is 1. The lowest BCUT2D eigenvalue weighted by molar-refractivity contribution is 0.147. The Morgan fingerprint density at radius 1 is 1.38 bits per heavy atom. The average molecular weight is 228 g/mol. The van der Waals surface area contributed by atoms with Gasteiger partial charge in [-0.1, -0.05) is 13.8 Å². The molecule has 3 nitrogen and oxygen atoms in total. The fraction of sp³-hybridized carbons (Fsp3) is 1.00. The van der Waals surface area contributed by atoms with Gasteiger partial charge in [0, 0.05) is 12.1 Å². The molecule has 0 aromatic heterocycles. The Morgan fingerprint density at radius 3 is 2.50 bits per heavy atom. The first-order valence-corrected chi connectivity index (χ1v) is 6.71. The molecule has 1 aliphatic rings. The van der Waals surface area contributed by atoms with E-state index in [0.29, 0.717) is 0 Å². The lowest BCUT2D eigenvalue weighted by atomic mass is 9.98. The van der Waals surface area contributed by atoms with E-state index in [9.17, 15) is 5.11 Å². The maximum Gasteiger partial charge on any atom is 0.0611 e. The van der Waals surface area contributed by atoms with Gasteiger partial charge in [0.25, 0.3) is 0 Å². The fourth-order valence-corrected chi connectivity index (χ4v) is 2.10. The van der Waals surface area contributed by atoms with Crippen molar-refractivity contribution in [2.24, 2.45) is 5.92 Å². The maximum absolute atomic E-state index is 9.42. The summed E-state index contributed by atoms with van der Waals surface area (Å²) in [7, 11) is 0. The largest absolute Gasteiger partial charge is 0.394 e. The van der Waals surface area contributed by atoms with E-state index in [0.717, 1.165) is 32.0 Å². The van der Waals surface area contributed by atoms with Gasteiger partial charge in [-0.25, -0.2) is 0 Å². The van der Waals surface area contributed by atoms with Crippen LogP contribution in [0.2, 0.25) is 0 Å². The zero-order chi connectivity index (χ0) is 12.0. The van der Waals surface area contributed by atoms with Crippen molar-refractivity contribution in [1.29, 1.82) is 0 Å². The molecule has 3 heteroatoms. The van der Waals surface area contributed by atoms with Crippen LogP contribution in [0.3, 0.4) is 0 Å². The highest BCUT2D eigenvalue weighted by atomic mass is 16.3. The van der Waals surface area contributed by atoms with Crippen LogP contribution in [0, 0.1) is 5.92 Å². The van der Waals surface area contributed by atoms with E-state index in [4.69, 9.17) is 0 Å². The lowest BCUT2D eigenvalue weighted by Gasteiger charge is -2.31. The molecule has 0 aliphatic heterocycles. The van der Waals surface area contributed by atoms with Gasteiger partial charge in [-0.15, -0.1) is 0 Å². The zero-order valence-corrected chi connectivity index (χ0v) is 11.1. The molecule has 0 amide bonds. The summed E-state index contributed by atoms with van der Waals surface area (Å²) in [4.78, 5) is 2.52. The number of nitrogens with zero attached hydrogens (tertiary/aromatic N) is 1. The molecule has 96 valence electrons. The maximum atomic E-state index is 9.42. The van der Waals surface area contributed by atoms with Crippen molar-refractivity contribution in [3.63, 3.8) is 0 Å². The summed E-state index contributed by atoms with van der Waals surface area (Å²) >= 11 is 0. The minimum atomic E-state index is -0.105. The number of rotatable bonds is 9. The molecule has 0 bridgehead atoms. The Balaban J connectivity index is 2.27. The molecular weight excluding hydrogens is 200 g/mol. The van der Waals surface area contributed by atoms with Crippen molar-refractivity contribution in [2.45, 2.75) is 45.6 Å². The van der Waals surface area contributed by atoms with Gasteiger partial charge < -0.3 is 15.3 Å². The summed E-state index contributed by atoms with van der Waals surface area (Å²) in [5.41, 5.74) is -0.105. The van der Waals surface area contributed by atoms with Crippen LogP contribution in [0.15, 0.2) is 0 Å². The Kier molecular flexibility index (Phi) is 5.73. The molecule has 1 saturated carbocycles. The first-order chi connectivity index (χ1) is 7.63. The van der Waals surface area contributed by atoms with Crippen molar-refractivity contribution < 1.29 is 5.11 Å². The lowest BCUT2D eigenvalue weighted by Crippen LogP contribution is -2.48. The van der Waals surface area contributed by atoms with E-state index >= 15 is 0 Å². The number of aliphatic hydroxyl groups excluding tert-OH is 1. The summed E-state index contributed by atoms with van der Waals surface area (Å²) in [6.07, 6.45) is 3.86. The van der Waals surface area contributed by atoms with Crippen molar-refractivity contribution >= 4 is 0 Å². The van der Waals surface area contributed by atoms with Crippen LogP contribution in [0.1, 0.15) is 40.0 Å². The van der Waals surface area contributed by atoms with Gasteiger partial charge in [0.1, 0.15) is 0 Å². The van der Waals surface area contributed by atoms with E-state index in [1.54, 1.807) is 0 Å². The topological polar surface area (TPSA) is 35.5 Å². The molecule has 1 atom stereocenters. The quantitative estimate of drug-likeness (QED) is 0.627. The van der Waals surface area contributed by atoms with Crippen LogP contribution in [-0.2, 0) is 0 Å². The third kappa shape index (κ3) is 4.81. The first-order valence-electron chi connectivity index (χ1n) is 6.71. The van der Waals surface area contributed by atoms with Crippen LogP contribution < -0.4 is 5.32 Å². The minimum absolute atomic E-state index is 0.105. The Morgan fingerprint density at radius 2 is 2.06 bits per heavy atom. The van der Waals surface area contributed by atoms with Crippen LogP contribution >= 0.6 is 0 Å². The smallest absolute Gasteiger partial charge is 0.0611 e. The highest BCUT2D eigenvalue weighted by Crippen LogP contribution is 2.29. The molecular formula is C13H28N2O. The van der Waals surface area contributed by atoms with Crippen molar-refractivity contribution in [1.82, 2.24) is 10.2 Å². The Hall–Kier alpha value is -0.120. The van der Waals surface area contributed by atoms with Gasteiger partial charge in [0.2, 0.25) is 0 Å². The summed E-state index contributed by atoms with van der Waals surface area (Å²) in [5.74, 6) is 0.958. The number of aliphatic hydroxyl groups is 1. The van der Waals surface area contributed by atoms with Gasteiger partial charge in [0.05, 0.1) is 6.61 Å². The first kappa shape index (κ1) is 13.9. The van der Waals surface area contributed by atoms with E-state index in [-0.39, 0.29) is 12.1 Å². The second kappa shape index (κ2) is 6.58. The molecule has 0 radical (unpaired) electrons. The molecule has 0 aromatic rings. The van der Waals surface area contributed by atoms with Crippen molar-refractivity contribution in [3.8, 4) is 0 Å². The molecule has 0 saturated heterocycles. The molecule has 1 aliphatic carbocycles. The van der Waals surface area contributed by atoms with Crippen molar-refractivity contribution in [2.75, 3.05) is 32.8 Å². The number of hydrogen-bond acceptors (Lipinski definition) is 3. The average Bonchev–Trinajstić information content (AvgIpc) is 3.08. The van der Waals surface area contributed by atoms with E-state index in [1.165, 1.54) is 19.4 Å². The van der Waals surface area contributed by atoms with Crippen LogP contribution in [-0.4, -0.2) is 48.3 Å². The summed E-state index contributed by atoms with van der Waals surface area (Å²) < 4.78 is 0. The van der Waals surface area contributed by atoms with E-state index < -0.39 is 0 Å². The number of likely N-dealkylation sites (N-methyl/N-ethyl adjacent to an activating group) is 1.